The molecule has 0 radical (unpaired) electrons. The summed E-state index contributed by atoms with van der Waals surface area (Å²) in [6.45, 7) is 0. The van der Waals surface area contributed by atoms with Crippen molar-refractivity contribution >= 4 is 15.9 Å². The van der Waals surface area contributed by atoms with Gasteiger partial charge in [0, 0.05) is 12.0 Å². The lowest BCUT2D eigenvalue weighted by molar-refractivity contribution is 0.400. The molecule has 3 heteroatoms. The summed E-state index contributed by atoms with van der Waals surface area (Å²) in [5.74, 6) is 1.45. The molecule has 1 aliphatic rings. The van der Waals surface area contributed by atoms with E-state index in [0.717, 1.165) is 23.1 Å². The third-order valence-electron chi connectivity index (χ3n) is 3.05. The van der Waals surface area contributed by atoms with Gasteiger partial charge in [-0.1, -0.05) is 19.3 Å². The van der Waals surface area contributed by atoms with Crippen LogP contribution in [-0.2, 0) is 0 Å². The van der Waals surface area contributed by atoms with Crippen molar-refractivity contribution in [2.75, 3.05) is 0 Å². The minimum Gasteiger partial charge on any atom is -0.468 e. The maximum absolute atomic E-state index is 6.16. The molecule has 14 heavy (non-hydrogen) atoms. The Morgan fingerprint density at radius 1 is 1.29 bits per heavy atom. The topological polar surface area (TPSA) is 39.2 Å². The molecule has 0 aliphatic heterocycles. The maximum Gasteiger partial charge on any atom is 0.122 e. The Kier molecular flexibility index (Phi) is 3.29. The predicted octanol–water partition coefficient (Wildman–Crippen LogP) is 3.42. The van der Waals surface area contributed by atoms with Crippen LogP contribution in [0.1, 0.15) is 43.8 Å². The summed E-state index contributed by atoms with van der Waals surface area (Å²) in [4.78, 5) is 0. The van der Waals surface area contributed by atoms with Gasteiger partial charge in [0.2, 0.25) is 0 Å². The van der Waals surface area contributed by atoms with Gasteiger partial charge in [-0.2, -0.15) is 0 Å². The number of halogens is 1. The van der Waals surface area contributed by atoms with E-state index in [-0.39, 0.29) is 6.04 Å². The summed E-state index contributed by atoms with van der Waals surface area (Å²) < 4.78 is 6.57. The Bertz CT molecular complexity index is 297. The van der Waals surface area contributed by atoms with Gasteiger partial charge in [0.25, 0.3) is 0 Å². The van der Waals surface area contributed by atoms with E-state index in [1.54, 1.807) is 6.26 Å². The highest BCUT2D eigenvalue weighted by Gasteiger charge is 2.25. The molecular weight excluding hydrogens is 242 g/mol. The number of hydrogen-bond acceptors (Lipinski definition) is 2. The first-order valence-electron chi connectivity index (χ1n) is 5.27. The Labute approximate surface area is 93.0 Å². The summed E-state index contributed by atoms with van der Waals surface area (Å²) in [5, 5.41) is 0. The van der Waals surface area contributed by atoms with Crippen LogP contribution >= 0.6 is 15.9 Å². The van der Waals surface area contributed by atoms with E-state index in [9.17, 15) is 0 Å². The first kappa shape index (κ1) is 10.2. The highest BCUT2D eigenvalue weighted by atomic mass is 79.9. The predicted molar refractivity (Wildman–Crippen MR) is 60.2 cm³/mol. The Hall–Kier alpha value is -0.280. The summed E-state index contributed by atoms with van der Waals surface area (Å²) in [6, 6.07) is 2.22. The summed E-state index contributed by atoms with van der Waals surface area (Å²) in [6.07, 6.45) is 7.85. The normalized spacial score (nSPS) is 28.7. The van der Waals surface area contributed by atoms with Crippen molar-refractivity contribution < 1.29 is 4.42 Å². The van der Waals surface area contributed by atoms with Crippen molar-refractivity contribution in [3.05, 3.63) is 22.6 Å². The molecule has 1 aliphatic carbocycles. The van der Waals surface area contributed by atoms with Crippen LogP contribution in [0.4, 0.5) is 0 Å². The second-order valence-corrected chi connectivity index (χ2v) is 4.90. The van der Waals surface area contributed by atoms with Gasteiger partial charge >= 0.3 is 0 Å². The summed E-state index contributed by atoms with van der Waals surface area (Å²) in [5.41, 5.74) is 6.16. The Balaban J connectivity index is 2.19. The van der Waals surface area contributed by atoms with Gasteiger partial charge in [-0.15, -0.1) is 0 Å². The second kappa shape index (κ2) is 4.49. The van der Waals surface area contributed by atoms with Crippen LogP contribution in [0.5, 0.6) is 0 Å². The van der Waals surface area contributed by atoms with Crippen molar-refractivity contribution in [2.45, 2.75) is 44.1 Å². The molecule has 2 unspecified atom stereocenters. The highest BCUT2D eigenvalue weighted by molar-refractivity contribution is 9.10. The molecule has 2 rings (SSSR count). The molecule has 1 saturated carbocycles. The maximum atomic E-state index is 6.16. The Morgan fingerprint density at radius 3 is 2.79 bits per heavy atom. The number of nitrogens with two attached hydrogens (primary N) is 1. The molecule has 0 bridgehead atoms. The van der Waals surface area contributed by atoms with Gasteiger partial charge in [-0.25, -0.2) is 0 Å². The standard InChI is InChI=1S/C11H16BrNO/c12-9-6-7-14-11(9)8-4-2-1-3-5-10(8)13/h6-8,10H,1-5,13H2. The fraction of sp³-hybridized carbons (Fsp3) is 0.636. The van der Waals surface area contributed by atoms with E-state index >= 15 is 0 Å². The minimum atomic E-state index is 0.264. The van der Waals surface area contributed by atoms with Gasteiger partial charge < -0.3 is 10.2 Å². The molecule has 1 aromatic rings. The molecule has 2 N–H and O–H groups in total. The van der Waals surface area contributed by atoms with Gasteiger partial charge in [0.05, 0.1) is 10.7 Å². The first-order chi connectivity index (χ1) is 6.79. The van der Waals surface area contributed by atoms with E-state index in [2.05, 4.69) is 15.9 Å². The lowest BCUT2D eigenvalue weighted by Crippen LogP contribution is -2.27. The zero-order valence-electron chi connectivity index (χ0n) is 8.21. The van der Waals surface area contributed by atoms with Gasteiger partial charge in [0.1, 0.15) is 5.76 Å². The number of rotatable bonds is 1. The molecule has 2 atom stereocenters. The smallest absolute Gasteiger partial charge is 0.122 e. The Morgan fingerprint density at radius 2 is 2.07 bits per heavy atom. The zero-order valence-corrected chi connectivity index (χ0v) is 9.79. The molecule has 78 valence electrons. The van der Waals surface area contributed by atoms with Gasteiger partial charge in [0.15, 0.2) is 0 Å². The second-order valence-electron chi connectivity index (χ2n) is 4.04. The molecule has 1 aromatic heterocycles. The van der Waals surface area contributed by atoms with E-state index < -0.39 is 0 Å². The van der Waals surface area contributed by atoms with E-state index in [4.69, 9.17) is 10.2 Å². The average molecular weight is 258 g/mol. The van der Waals surface area contributed by atoms with Crippen LogP contribution in [0.15, 0.2) is 21.2 Å². The first-order valence-corrected chi connectivity index (χ1v) is 6.07. The monoisotopic (exact) mass is 257 g/mol. The van der Waals surface area contributed by atoms with Crippen molar-refractivity contribution in [3.63, 3.8) is 0 Å². The van der Waals surface area contributed by atoms with Crippen LogP contribution < -0.4 is 5.73 Å². The molecule has 0 spiro atoms. The average Bonchev–Trinajstić information content (AvgIpc) is 2.46. The fourth-order valence-corrected chi connectivity index (χ4v) is 2.73. The fourth-order valence-electron chi connectivity index (χ4n) is 2.23. The zero-order chi connectivity index (χ0) is 9.97. The molecule has 2 nitrogen and oxygen atoms in total. The summed E-state index contributed by atoms with van der Waals surface area (Å²) >= 11 is 3.51. The van der Waals surface area contributed by atoms with Gasteiger partial charge in [-0.05, 0) is 34.8 Å². The van der Waals surface area contributed by atoms with E-state index in [1.165, 1.54) is 19.3 Å². The highest BCUT2D eigenvalue weighted by Crippen LogP contribution is 2.35. The summed E-state index contributed by atoms with van der Waals surface area (Å²) in [7, 11) is 0. The van der Waals surface area contributed by atoms with Crippen molar-refractivity contribution in [1.82, 2.24) is 0 Å². The SMILES string of the molecule is NC1CCCCCC1c1occc1Br. The number of hydrogen-bond donors (Lipinski definition) is 1. The van der Waals surface area contributed by atoms with Gasteiger partial charge in [-0.3, -0.25) is 0 Å². The van der Waals surface area contributed by atoms with Crippen molar-refractivity contribution in [3.8, 4) is 0 Å². The molecular formula is C11H16BrNO. The van der Waals surface area contributed by atoms with E-state index in [1.807, 2.05) is 6.07 Å². The lowest BCUT2D eigenvalue weighted by Gasteiger charge is -2.19. The van der Waals surface area contributed by atoms with Crippen LogP contribution in [0.25, 0.3) is 0 Å². The quantitative estimate of drug-likeness (QED) is 0.784. The third kappa shape index (κ3) is 2.04. The third-order valence-corrected chi connectivity index (χ3v) is 3.71. The molecule has 1 fully saturated rings. The van der Waals surface area contributed by atoms with Crippen LogP contribution in [-0.4, -0.2) is 6.04 Å². The molecule has 1 heterocycles. The largest absolute Gasteiger partial charge is 0.468 e. The lowest BCUT2D eigenvalue weighted by atomic mass is 9.93. The van der Waals surface area contributed by atoms with Crippen LogP contribution in [0.3, 0.4) is 0 Å². The van der Waals surface area contributed by atoms with Crippen LogP contribution in [0, 0.1) is 0 Å². The van der Waals surface area contributed by atoms with Crippen molar-refractivity contribution in [2.24, 2.45) is 5.73 Å². The molecule has 0 saturated heterocycles. The van der Waals surface area contributed by atoms with E-state index in [0.29, 0.717) is 5.92 Å². The minimum absolute atomic E-state index is 0.264. The molecule has 0 amide bonds. The number of furan rings is 1. The molecule has 0 aromatic carbocycles. The van der Waals surface area contributed by atoms with Crippen molar-refractivity contribution in [1.29, 1.82) is 0 Å². The van der Waals surface area contributed by atoms with Crippen LogP contribution in [0.2, 0.25) is 0 Å².